The van der Waals surface area contributed by atoms with Gasteiger partial charge in [-0.2, -0.15) is 0 Å². The van der Waals surface area contributed by atoms with E-state index in [1.807, 2.05) is 0 Å². The normalized spacial score (nSPS) is 12.1. The first-order valence-corrected chi connectivity index (χ1v) is 10.4. The van der Waals surface area contributed by atoms with E-state index in [4.69, 9.17) is 4.74 Å². The van der Waals surface area contributed by atoms with Crippen LogP contribution in [-0.4, -0.2) is 33.8 Å². The predicted molar refractivity (Wildman–Crippen MR) is 95.9 cm³/mol. The molecule has 7 heteroatoms. The molecule has 0 radical (unpaired) electrons. The standard InChI is InChI=1S/C15H24N2O2S3/c1-4-7-8-10-20-14-16-17-15(22-14)21-11-12(9-5-2)19-13(18)6-3/h6,12H,3-5,7-11H2,1-2H3. The topological polar surface area (TPSA) is 52.1 Å². The van der Waals surface area contributed by atoms with Gasteiger partial charge in [-0.3, -0.25) is 0 Å². The average molecular weight is 361 g/mol. The van der Waals surface area contributed by atoms with Gasteiger partial charge in [0.25, 0.3) is 0 Å². The number of rotatable bonds is 12. The van der Waals surface area contributed by atoms with Crippen LogP contribution >= 0.6 is 34.9 Å². The third kappa shape index (κ3) is 8.19. The van der Waals surface area contributed by atoms with Crippen molar-refractivity contribution in [3.05, 3.63) is 12.7 Å². The highest BCUT2D eigenvalue weighted by Crippen LogP contribution is 2.30. The summed E-state index contributed by atoms with van der Waals surface area (Å²) in [5, 5.41) is 8.40. The molecule has 1 unspecified atom stereocenters. The Kier molecular flexibility index (Phi) is 10.6. The van der Waals surface area contributed by atoms with Gasteiger partial charge in [0, 0.05) is 17.6 Å². The molecule has 1 heterocycles. The van der Waals surface area contributed by atoms with E-state index in [0.717, 1.165) is 27.3 Å². The van der Waals surface area contributed by atoms with Gasteiger partial charge in [-0.05, 0) is 12.8 Å². The van der Waals surface area contributed by atoms with Gasteiger partial charge in [0.15, 0.2) is 8.68 Å². The highest BCUT2D eigenvalue weighted by Gasteiger charge is 2.14. The Hall–Kier alpha value is -0.530. The summed E-state index contributed by atoms with van der Waals surface area (Å²) in [5.41, 5.74) is 0. The summed E-state index contributed by atoms with van der Waals surface area (Å²) < 4.78 is 7.29. The number of carbonyl (C=O) groups is 1. The minimum absolute atomic E-state index is 0.0925. The van der Waals surface area contributed by atoms with Gasteiger partial charge in [0.2, 0.25) is 0 Å². The maximum atomic E-state index is 11.3. The molecule has 0 amide bonds. The van der Waals surface area contributed by atoms with Crippen LogP contribution in [0, 0.1) is 0 Å². The molecule has 22 heavy (non-hydrogen) atoms. The second kappa shape index (κ2) is 12.0. The van der Waals surface area contributed by atoms with E-state index in [-0.39, 0.29) is 12.1 Å². The lowest BCUT2D eigenvalue weighted by atomic mass is 10.2. The van der Waals surface area contributed by atoms with Crippen LogP contribution in [-0.2, 0) is 9.53 Å². The van der Waals surface area contributed by atoms with Gasteiger partial charge >= 0.3 is 5.97 Å². The summed E-state index contributed by atoms with van der Waals surface area (Å²) in [5.74, 6) is 1.45. The van der Waals surface area contributed by atoms with E-state index < -0.39 is 0 Å². The van der Waals surface area contributed by atoms with E-state index in [1.165, 1.54) is 25.3 Å². The van der Waals surface area contributed by atoms with Crippen LogP contribution in [0.2, 0.25) is 0 Å². The minimum Gasteiger partial charge on any atom is -0.458 e. The second-order valence-corrected chi connectivity index (χ2v) is 8.34. The largest absolute Gasteiger partial charge is 0.458 e. The van der Waals surface area contributed by atoms with Gasteiger partial charge in [-0.15, -0.1) is 10.2 Å². The fourth-order valence-corrected chi connectivity index (χ4v) is 4.85. The number of esters is 1. The van der Waals surface area contributed by atoms with Crippen LogP contribution < -0.4 is 0 Å². The second-order valence-electron chi connectivity index (χ2n) is 4.75. The van der Waals surface area contributed by atoms with Crippen molar-refractivity contribution in [2.24, 2.45) is 0 Å². The zero-order chi connectivity index (χ0) is 16.2. The van der Waals surface area contributed by atoms with E-state index in [1.54, 1.807) is 34.9 Å². The summed E-state index contributed by atoms with van der Waals surface area (Å²) in [4.78, 5) is 11.3. The fraction of sp³-hybridized carbons (Fsp3) is 0.667. The van der Waals surface area contributed by atoms with Gasteiger partial charge < -0.3 is 4.74 Å². The Labute approximate surface area is 145 Å². The molecular weight excluding hydrogens is 336 g/mol. The van der Waals surface area contributed by atoms with E-state index in [0.29, 0.717) is 5.75 Å². The molecule has 0 saturated carbocycles. The smallest absolute Gasteiger partial charge is 0.330 e. The third-order valence-corrected chi connectivity index (χ3v) is 6.22. The first-order valence-electron chi connectivity index (χ1n) is 7.61. The molecule has 1 atom stereocenters. The van der Waals surface area contributed by atoms with Crippen molar-refractivity contribution in [2.45, 2.75) is 60.7 Å². The van der Waals surface area contributed by atoms with Crippen LogP contribution in [0.5, 0.6) is 0 Å². The van der Waals surface area contributed by atoms with Gasteiger partial charge in [-0.25, -0.2) is 4.79 Å². The minimum atomic E-state index is -0.358. The zero-order valence-corrected chi connectivity index (χ0v) is 15.7. The molecule has 1 aromatic rings. The lowest BCUT2D eigenvalue weighted by Crippen LogP contribution is -2.19. The number of aromatic nitrogens is 2. The van der Waals surface area contributed by atoms with Crippen molar-refractivity contribution in [3.8, 4) is 0 Å². The Balaban J connectivity index is 2.36. The van der Waals surface area contributed by atoms with Gasteiger partial charge in [0.1, 0.15) is 6.10 Å². The number of unbranched alkanes of at least 4 members (excludes halogenated alkanes) is 2. The summed E-state index contributed by atoms with van der Waals surface area (Å²) >= 11 is 5.00. The SMILES string of the molecule is C=CC(=O)OC(CCC)CSc1nnc(SCCCCC)s1. The van der Waals surface area contributed by atoms with E-state index in [9.17, 15) is 4.79 Å². The molecule has 4 nitrogen and oxygen atoms in total. The number of nitrogens with zero attached hydrogens (tertiary/aromatic N) is 2. The molecular formula is C15H24N2O2S3. The van der Waals surface area contributed by atoms with Crippen LogP contribution in [0.4, 0.5) is 0 Å². The number of carbonyl (C=O) groups excluding carboxylic acids is 1. The lowest BCUT2D eigenvalue weighted by molar-refractivity contribution is -0.142. The van der Waals surface area contributed by atoms with Crippen molar-refractivity contribution in [1.82, 2.24) is 10.2 Å². The van der Waals surface area contributed by atoms with Crippen molar-refractivity contribution in [1.29, 1.82) is 0 Å². The number of ether oxygens (including phenoxy) is 1. The Morgan fingerprint density at radius 3 is 2.64 bits per heavy atom. The van der Waals surface area contributed by atoms with Crippen LogP contribution in [0.15, 0.2) is 21.3 Å². The molecule has 124 valence electrons. The molecule has 0 aliphatic carbocycles. The summed E-state index contributed by atoms with van der Waals surface area (Å²) in [6.45, 7) is 7.72. The third-order valence-electron chi connectivity index (χ3n) is 2.81. The molecule has 0 fully saturated rings. The van der Waals surface area contributed by atoms with Crippen molar-refractivity contribution in [2.75, 3.05) is 11.5 Å². The highest BCUT2D eigenvalue weighted by molar-refractivity contribution is 8.03. The Bertz CT molecular complexity index is 452. The first-order chi connectivity index (χ1) is 10.7. The average Bonchev–Trinajstić information content (AvgIpc) is 2.97. The highest BCUT2D eigenvalue weighted by atomic mass is 32.2. The molecule has 0 spiro atoms. The molecule has 0 saturated heterocycles. The maximum absolute atomic E-state index is 11.3. The van der Waals surface area contributed by atoms with Crippen molar-refractivity contribution < 1.29 is 9.53 Å². The Morgan fingerprint density at radius 1 is 1.27 bits per heavy atom. The zero-order valence-electron chi connectivity index (χ0n) is 13.2. The van der Waals surface area contributed by atoms with Gasteiger partial charge in [-0.1, -0.05) is 74.5 Å². The van der Waals surface area contributed by atoms with Crippen LogP contribution in [0.3, 0.4) is 0 Å². The van der Waals surface area contributed by atoms with E-state index >= 15 is 0 Å². The number of hydrogen-bond acceptors (Lipinski definition) is 7. The molecule has 0 aromatic carbocycles. The number of thioether (sulfide) groups is 2. The molecule has 0 N–H and O–H groups in total. The van der Waals surface area contributed by atoms with Crippen molar-refractivity contribution >= 4 is 40.8 Å². The van der Waals surface area contributed by atoms with Crippen LogP contribution in [0.1, 0.15) is 46.0 Å². The monoisotopic (exact) mass is 360 g/mol. The summed E-state index contributed by atoms with van der Waals surface area (Å²) in [7, 11) is 0. The summed E-state index contributed by atoms with van der Waals surface area (Å²) in [6, 6.07) is 0. The molecule has 0 bridgehead atoms. The molecule has 1 rings (SSSR count). The first kappa shape index (κ1) is 19.5. The lowest BCUT2D eigenvalue weighted by Gasteiger charge is -2.14. The molecule has 1 aromatic heterocycles. The maximum Gasteiger partial charge on any atom is 0.330 e. The van der Waals surface area contributed by atoms with Gasteiger partial charge in [0.05, 0.1) is 0 Å². The number of hydrogen-bond donors (Lipinski definition) is 0. The fourth-order valence-electron chi connectivity index (χ4n) is 1.70. The van der Waals surface area contributed by atoms with Crippen LogP contribution in [0.25, 0.3) is 0 Å². The summed E-state index contributed by atoms with van der Waals surface area (Å²) in [6.07, 6.45) is 6.67. The van der Waals surface area contributed by atoms with E-state index in [2.05, 4.69) is 30.6 Å². The predicted octanol–water partition coefficient (Wildman–Crippen LogP) is 4.81. The Morgan fingerprint density at radius 2 is 2.00 bits per heavy atom. The molecule has 0 aliphatic rings. The van der Waals surface area contributed by atoms with Crippen molar-refractivity contribution in [3.63, 3.8) is 0 Å². The molecule has 0 aliphatic heterocycles. The quantitative estimate of drug-likeness (QED) is 0.231.